The van der Waals surface area contributed by atoms with Crippen molar-refractivity contribution in [2.45, 2.75) is 45.7 Å². The highest BCUT2D eigenvalue weighted by molar-refractivity contribution is 5.15. The molecule has 0 aromatic rings. The fraction of sp³-hybridized carbons (Fsp3) is 0.818. The standard InChI is InChI=1S/C11H22N2/c1-6-7-11-8-9(2)12(4)13(5)10(11)3/h8-10H,6-7H2,1-5H3. The third-order valence-corrected chi connectivity index (χ3v) is 3.18. The van der Waals surface area contributed by atoms with E-state index in [-0.39, 0.29) is 0 Å². The maximum atomic E-state index is 2.41. The van der Waals surface area contributed by atoms with Crippen LogP contribution in [-0.2, 0) is 0 Å². The number of likely N-dealkylation sites (N-methyl/N-ethyl adjacent to an activating group) is 2. The summed E-state index contributed by atoms with van der Waals surface area (Å²) in [5, 5.41) is 4.62. The second-order valence-corrected chi connectivity index (χ2v) is 4.06. The van der Waals surface area contributed by atoms with Crippen LogP contribution in [0.4, 0.5) is 0 Å². The predicted octanol–water partition coefficient (Wildman–Crippen LogP) is 2.28. The minimum atomic E-state index is 0.544. The van der Waals surface area contributed by atoms with Gasteiger partial charge >= 0.3 is 0 Å². The van der Waals surface area contributed by atoms with Crippen molar-refractivity contribution in [2.75, 3.05) is 14.1 Å². The predicted molar refractivity (Wildman–Crippen MR) is 57.4 cm³/mol. The van der Waals surface area contributed by atoms with Crippen LogP contribution in [0.25, 0.3) is 0 Å². The fourth-order valence-electron chi connectivity index (χ4n) is 1.94. The maximum Gasteiger partial charge on any atom is 0.0424 e. The van der Waals surface area contributed by atoms with Crippen molar-refractivity contribution in [1.82, 2.24) is 10.0 Å². The van der Waals surface area contributed by atoms with Crippen LogP contribution < -0.4 is 0 Å². The van der Waals surface area contributed by atoms with Gasteiger partial charge in [0, 0.05) is 26.2 Å². The summed E-state index contributed by atoms with van der Waals surface area (Å²) in [6.07, 6.45) is 4.90. The van der Waals surface area contributed by atoms with Gasteiger partial charge in [0.2, 0.25) is 0 Å². The highest BCUT2D eigenvalue weighted by Crippen LogP contribution is 2.23. The van der Waals surface area contributed by atoms with E-state index in [2.05, 4.69) is 51.0 Å². The van der Waals surface area contributed by atoms with Gasteiger partial charge in [0.1, 0.15) is 0 Å². The molecular formula is C11H22N2. The van der Waals surface area contributed by atoms with Crippen molar-refractivity contribution in [3.63, 3.8) is 0 Å². The van der Waals surface area contributed by atoms with E-state index in [1.165, 1.54) is 12.8 Å². The Bertz CT molecular complexity index is 198. The van der Waals surface area contributed by atoms with Crippen LogP contribution in [0.5, 0.6) is 0 Å². The minimum absolute atomic E-state index is 0.544. The summed E-state index contributed by atoms with van der Waals surface area (Å²) in [6, 6.07) is 1.11. The molecule has 0 bridgehead atoms. The number of rotatable bonds is 2. The summed E-state index contributed by atoms with van der Waals surface area (Å²) in [6.45, 7) is 6.78. The summed E-state index contributed by atoms with van der Waals surface area (Å²) in [5.74, 6) is 0. The van der Waals surface area contributed by atoms with E-state index >= 15 is 0 Å². The fourth-order valence-corrected chi connectivity index (χ4v) is 1.94. The van der Waals surface area contributed by atoms with Gasteiger partial charge in [-0.2, -0.15) is 0 Å². The summed E-state index contributed by atoms with van der Waals surface area (Å²) in [7, 11) is 4.32. The Morgan fingerprint density at radius 3 is 2.38 bits per heavy atom. The number of nitrogens with zero attached hydrogens (tertiary/aromatic N) is 2. The van der Waals surface area contributed by atoms with Gasteiger partial charge in [-0.25, -0.2) is 10.0 Å². The van der Waals surface area contributed by atoms with Gasteiger partial charge in [0.15, 0.2) is 0 Å². The van der Waals surface area contributed by atoms with Gasteiger partial charge < -0.3 is 0 Å². The molecule has 13 heavy (non-hydrogen) atoms. The molecule has 0 saturated carbocycles. The van der Waals surface area contributed by atoms with Crippen molar-refractivity contribution in [3.8, 4) is 0 Å². The highest BCUT2D eigenvalue weighted by Gasteiger charge is 2.25. The highest BCUT2D eigenvalue weighted by atomic mass is 15.6. The van der Waals surface area contributed by atoms with Gasteiger partial charge in [-0.1, -0.05) is 25.0 Å². The molecule has 2 atom stereocenters. The molecule has 1 rings (SSSR count). The van der Waals surface area contributed by atoms with E-state index in [0.717, 1.165) is 0 Å². The molecule has 0 aromatic carbocycles. The average molecular weight is 182 g/mol. The second-order valence-electron chi connectivity index (χ2n) is 4.06. The lowest BCUT2D eigenvalue weighted by Crippen LogP contribution is -2.50. The molecule has 0 radical (unpaired) electrons. The molecule has 0 spiro atoms. The first kappa shape index (κ1) is 10.7. The van der Waals surface area contributed by atoms with Crippen LogP contribution in [0.15, 0.2) is 11.6 Å². The van der Waals surface area contributed by atoms with Crippen molar-refractivity contribution in [1.29, 1.82) is 0 Å². The molecule has 1 heterocycles. The summed E-state index contributed by atoms with van der Waals surface area (Å²) in [5.41, 5.74) is 1.59. The summed E-state index contributed by atoms with van der Waals surface area (Å²) >= 11 is 0. The first-order valence-corrected chi connectivity index (χ1v) is 5.24. The molecule has 0 saturated heterocycles. The van der Waals surface area contributed by atoms with Gasteiger partial charge in [0.25, 0.3) is 0 Å². The normalized spacial score (nSPS) is 31.9. The molecule has 0 aliphatic carbocycles. The first-order valence-electron chi connectivity index (χ1n) is 5.24. The molecule has 0 fully saturated rings. The molecule has 0 amide bonds. The van der Waals surface area contributed by atoms with E-state index in [4.69, 9.17) is 0 Å². The Kier molecular flexibility index (Phi) is 3.51. The Labute approximate surface area is 82.2 Å². The molecule has 2 heteroatoms. The molecule has 1 aliphatic heterocycles. The Morgan fingerprint density at radius 2 is 1.85 bits per heavy atom. The largest absolute Gasteiger partial charge is 0.238 e. The zero-order valence-corrected chi connectivity index (χ0v) is 9.54. The molecule has 2 nitrogen and oxygen atoms in total. The van der Waals surface area contributed by atoms with Crippen molar-refractivity contribution in [2.24, 2.45) is 0 Å². The molecule has 0 N–H and O–H groups in total. The van der Waals surface area contributed by atoms with Crippen LogP contribution in [0, 0.1) is 0 Å². The number of hydrogen-bond acceptors (Lipinski definition) is 2. The molecule has 2 unspecified atom stereocenters. The smallest absolute Gasteiger partial charge is 0.0424 e. The third-order valence-electron chi connectivity index (χ3n) is 3.18. The number of hydrogen-bond donors (Lipinski definition) is 0. The molecule has 1 aliphatic rings. The van der Waals surface area contributed by atoms with Gasteiger partial charge in [-0.05, 0) is 20.3 Å². The zero-order chi connectivity index (χ0) is 10.0. The van der Waals surface area contributed by atoms with Crippen molar-refractivity contribution in [3.05, 3.63) is 11.6 Å². The van der Waals surface area contributed by atoms with Crippen molar-refractivity contribution < 1.29 is 0 Å². The van der Waals surface area contributed by atoms with E-state index in [1.54, 1.807) is 5.57 Å². The molecule has 0 aromatic heterocycles. The lowest BCUT2D eigenvalue weighted by molar-refractivity contribution is -0.0260. The topological polar surface area (TPSA) is 6.48 Å². The number of hydrazine groups is 1. The van der Waals surface area contributed by atoms with Gasteiger partial charge in [-0.15, -0.1) is 0 Å². The third kappa shape index (κ3) is 2.12. The second kappa shape index (κ2) is 4.25. The van der Waals surface area contributed by atoms with E-state index in [9.17, 15) is 0 Å². The van der Waals surface area contributed by atoms with Crippen LogP contribution in [0.1, 0.15) is 33.6 Å². The average Bonchev–Trinajstić information content (AvgIpc) is 2.11. The zero-order valence-electron chi connectivity index (χ0n) is 9.54. The summed E-state index contributed by atoms with van der Waals surface area (Å²) in [4.78, 5) is 0. The Balaban J connectivity index is 2.78. The van der Waals surface area contributed by atoms with Crippen molar-refractivity contribution >= 4 is 0 Å². The van der Waals surface area contributed by atoms with Crippen LogP contribution in [0.3, 0.4) is 0 Å². The van der Waals surface area contributed by atoms with E-state index < -0.39 is 0 Å². The first-order chi connectivity index (χ1) is 6.07. The van der Waals surface area contributed by atoms with Crippen LogP contribution >= 0.6 is 0 Å². The Morgan fingerprint density at radius 1 is 1.23 bits per heavy atom. The van der Waals surface area contributed by atoms with Gasteiger partial charge in [0.05, 0.1) is 0 Å². The lowest BCUT2D eigenvalue weighted by atomic mass is 9.98. The molecule has 76 valence electrons. The minimum Gasteiger partial charge on any atom is -0.238 e. The van der Waals surface area contributed by atoms with E-state index in [0.29, 0.717) is 12.1 Å². The quantitative estimate of drug-likeness (QED) is 0.605. The molecular weight excluding hydrogens is 160 g/mol. The maximum absolute atomic E-state index is 2.41. The van der Waals surface area contributed by atoms with Crippen LogP contribution in [-0.4, -0.2) is 36.2 Å². The van der Waals surface area contributed by atoms with E-state index in [1.807, 2.05) is 0 Å². The SMILES string of the molecule is CCCC1=CC(C)N(C)N(C)C1C. The lowest BCUT2D eigenvalue weighted by Gasteiger charge is -2.42. The Hall–Kier alpha value is -0.340. The van der Waals surface area contributed by atoms with Gasteiger partial charge in [-0.3, -0.25) is 0 Å². The van der Waals surface area contributed by atoms with Crippen LogP contribution in [0.2, 0.25) is 0 Å². The monoisotopic (exact) mass is 182 g/mol. The summed E-state index contributed by atoms with van der Waals surface area (Å²) < 4.78 is 0.